The van der Waals surface area contributed by atoms with Crippen LogP contribution in [0.5, 0.6) is 5.75 Å². The second-order valence-electron chi connectivity index (χ2n) is 5.45. The first-order valence-electron chi connectivity index (χ1n) is 7.85. The van der Waals surface area contributed by atoms with Crippen LogP contribution in [-0.4, -0.2) is 33.4 Å². The lowest BCUT2D eigenvalue weighted by atomic mass is 10.2. The molecule has 8 heteroatoms. The molecule has 0 saturated heterocycles. The molecule has 3 rings (SSSR count). The summed E-state index contributed by atoms with van der Waals surface area (Å²) in [6, 6.07) is 14.5. The van der Waals surface area contributed by atoms with E-state index >= 15 is 0 Å². The molecule has 0 saturated carbocycles. The van der Waals surface area contributed by atoms with Gasteiger partial charge in [0.25, 0.3) is 0 Å². The van der Waals surface area contributed by atoms with Gasteiger partial charge < -0.3 is 10.1 Å². The second-order valence-corrected chi connectivity index (χ2v) is 7.20. The SMILES string of the molecule is COc1ccc(-c2nc(S[C@H](C)C(=O)Nc3ccc(Cl)cc3)n[nH]2)cc1. The van der Waals surface area contributed by atoms with Gasteiger partial charge in [-0.05, 0) is 55.5 Å². The zero-order valence-corrected chi connectivity index (χ0v) is 15.8. The zero-order chi connectivity index (χ0) is 18.5. The van der Waals surface area contributed by atoms with Crippen molar-refractivity contribution >= 4 is 35.0 Å². The summed E-state index contributed by atoms with van der Waals surface area (Å²) in [5, 5.41) is 10.7. The third-order valence-corrected chi connectivity index (χ3v) is 4.80. The first-order chi connectivity index (χ1) is 12.5. The Balaban J connectivity index is 1.62. The molecule has 0 bridgehead atoms. The van der Waals surface area contributed by atoms with E-state index in [0.29, 0.717) is 21.7 Å². The summed E-state index contributed by atoms with van der Waals surface area (Å²) in [7, 11) is 1.62. The molecule has 1 aromatic heterocycles. The van der Waals surface area contributed by atoms with E-state index in [9.17, 15) is 4.79 Å². The third-order valence-electron chi connectivity index (χ3n) is 3.59. The molecule has 6 nitrogen and oxygen atoms in total. The molecule has 3 aromatic rings. The predicted molar refractivity (Wildman–Crippen MR) is 104 cm³/mol. The predicted octanol–water partition coefficient (Wildman–Crippen LogP) is 4.25. The molecule has 2 N–H and O–H groups in total. The quantitative estimate of drug-likeness (QED) is 0.617. The second kappa shape index (κ2) is 8.25. The van der Waals surface area contributed by atoms with Crippen LogP contribution in [0.25, 0.3) is 11.4 Å². The third kappa shape index (κ3) is 4.56. The monoisotopic (exact) mass is 388 g/mol. The van der Waals surface area contributed by atoms with Crippen molar-refractivity contribution in [3.8, 4) is 17.1 Å². The zero-order valence-electron chi connectivity index (χ0n) is 14.2. The Kier molecular flexibility index (Phi) is 5.80. The average Bonchev–Trinajstić information content (AvgIpc) is 3.12. The smallest absolute Gasteiger partial charge is 0.237 e. The van der Waals surface area contributed by atoms with Crippen molar-refractivity contribution in [2.45, 2.75) is 17.3 Å². The molecule has 0 aliphatic carbocycles. The molecule has 0 fully saturated rings. The fourth-order valence-electron chi connectivity index (χ4n) is 2.17. The van der Waals surface area contributed by atoms with E-state index in [1.165, 1.54) is 11.8 Å². The lowest BCUT2D eigenvalue weighted by Gasteiger charge is -2.10. The van der Waals surface area contributed by atoms with Crippen LogP contribution < -0.4 is 10.1 Å². The van der Waals surface area contributed by atoms with Crippen molar-refractivity contribution in [2.24, 2.45) is 0 Å². The van der Waals surface area contributed by atoms with Crippen LogP contribution in [0.2, 0.25) is 5.02 Å². The minimum absolute atomic E-state index is 0.131. The van der Waals surface area contributed by atoms with Gasteiger partial charge in [-0.25, -0.2) is 4.98 Å². The van der Waals surface area contributed by atoms with Gasteiger partial charge in [-0.2, -0.15) is 0 Å². The molecule has 0 aliphatic rings. The van der Waals surface area contributed by atoms with E-state index in [4.69, 9.17) is 16.3 Å². The minimum atomic E-state index is -0.356. The molecule has 1 amide bonds. The number of hydrogen-bond donors (Lipinski definition) is 2. The number of thioether (sulfide) groups is 1. The highest BCUT2D eigenvalue weighted by atomic mass is 35.5. The number of nitrogens with zero attached hydrogens (tertiary/aromatic N) is 2. The van der Waals surface area contributed by atoms with Gasteiger partial charge in [-0.1, -0.05) is 23.4 Å². The minimum Gasteiger partial charge on any atom is -0.497 e. The number of benzene rings is 2. The van der Waals surface area contributed by atoms with Gasteiger partial charge in [0, 0.05) is 16.3 Å². The van der Waals surface area contributed by atoms with E-state index in [0.717, 1.165) is 11.3 Å². The normalized spacial score (nSPS) is 11.8. The van der Waals surface area contributed by atoms with Crippen molar-refractivity contribution in [1.29, 1.82) is 0 Å². The number of anilines is 1. The summed E-state index contributed by atoms with van der Waals surface area (Å²) in [5.41, 5.74) is 1.59. The molecule has 26 heavy (non-hydrogen) atoms. The summed E-state index contributed by atoms with van der Waals surface area (Å²) < 4.78 is 5.14. The summed E-state index contributed by atoms with van der Waals surface area (Å²) >= 11 is 7.12. The maximum absolute atomic E-state index is 12.3. The molecule has 0 unspecified atom stereocenters. The molecule has 134 valence electrons. The Hall–Kier alpha value is -2.51. The Labute approximate surface area is 160 Å². The highest BCUT2D eigenvalue weighted by Gasteiger charge is 2.17. The van der Waals surface area contributed by atoms with Gasteiger partial charge in [0.05, 0.1) is 12.4 Å². The van der Waals surface area contributed by atoms with E-state index < -0.39 is 0 Å². The Morgan fingerprint density at radius 2 is 1.88 bits per heavy atom. The van der Waals surface area contributed by atoms with Gasteiger partial charge >= 0.3 is 0 Å². The fourth-order valence-corrected chi connectivity index (χ4v) is 3.02. The molecular formula is C18H17ClN4O2S. The molecule has 0 radical (unpaired) electrons. The molecule has 1 atom stereocenters. The van der Waals surface area contributed by atoms with Crippen molar-refractivity contribution in [3.63, 3.8) is 0 Å². The average molecular weight is 389 g/mol. The number of methoxy groups -OCH3 is 1. The van der Waals surface area contributed by atoms with Gasteiger partial charge in [0.2, 0.25) is 11.1 Å². The van der Waals surface area contributed by atoms with Gasteiger partial charge in [0.15, 0.2) is 5.82 Å². The standard InChI is InChI=1S/C18H17ClN4O2S/c1-11(17(24)20-14-7-5-13(19)6-8-14)26-18-21-16(22-23-18)12-3-9-15(25-2)10-4-12/h3-11H,1-2H3,(H,20,24)(H,21,22,23)/t11-/m1/s1. The number of halogens is 1. The van der Waals surface area contributed by atoms with Crippen LogP contribution in [0.4, 0.5) is 5.69 Å². The molecule has 0 aliphatic heterocycles. The lowest BCUT2D eigenvalue weighted by molar-refractivity contribution is -0.115. The largest absolute Gasteiger partial charge is 0.497 e. The van der Waals surface area contributed by atoms with E-state index in [-0.39, 0.29) is 11.2 Å². The number of aromatic amines is 1. The summed E-state index contributed by atoms with van der Waals surface area (Å²) in [4.78, 5) is 16.7. The molecule has 0 spiro atoms. The van der Waals surface area contributed by atoms with Gasteiger partial charge in [-0.15, -0.1) is 5.10 Å². The molecule has 1 heterocycles. The maximum atomic E-state index is 12.3. The van der Waals surface area contributed by atoms with Crippen LogP contribution in [0.3, 0.4) is 0 Å². The van der Waals surface area contributed by atoms with Crippen molar-refractivity contribution in [2.75, 3.05) is 12.4 Å². The number of aromatic nitrogens is 3. The number of nitrogens with one attached hydrogen (secondary N) is 2. The Bertz CT molecular complexity index is 881. The van der Waals surface area contributed by atoms with E-state index in [1.54, 1.807) is 38.3 Å². The number of ether oxygens (including phenoxy) is 1. The van der Waals surface area contributed by atoms with Crippen LogP contribution in [-0.2, 0) is 4.79 Å². The van der Waals surface area contributed by atoms with Gasteiger partial charge in [0.1, 0.15) is 5.75 Å². The number of carbonyl (C=O) groups excluding carboxylic acids is 1. The first kappa shape index (κ1) is 18.3. The Morgan fingerprint density at radius 3 is 2.54 bits per heavy atom. The van der Waals surface area contributed by atoms with Crippen LogP contribution in [0.15, 0.2) is 53.7 Å². The van der Waals surface area contributed by atoms with Crippen LogP contribution in [0.1, 0.15) is 6.92 Å². The molecule has 2 aromatic carbocycles. The summed E-state index contributed by atoms with van der Waals surface area (Å²) in [6.07, 6.45) is 0. The van der Waals surface area contributed by atoms with Crippen molar-refractivity contribution in [3.05, 3.63) is 53.6 Å². The summed E-state index contributed by atoms with van der Waals surface area (Å²) in [5.74, 6) is 1.28. The summed E-state index contributed by atoms with van der Waals surface area (Å²) in [6.45, 7) is 1.80. The number of H-pyrrole nitrogens is 1. The van der Waals surface area contributed by atoms with Crippen LogP contribution >= 0.6 is 23.4 Å². The number of carbonyl (C=O) groups is 1. The fraction of sp³-hybridized carbons (Fsp3) is 0.167. The lowest BCUT2D eigenvalue weighted by Crippen LogP contribution is -2.22. The number of hydrogen-bond acceptors (Lipinski definition) is 5. The van der Waals surface area contributed by atoms with E-state index in [2.05, 4.69) is 20.5 Å². The maximum Gasteiger partial charge on any atom is 0.237 e. The molecular weight excluding hydrogens is 372 g/mol. The topological polar surface area (TPSA) is 79.9 Å². The highest BCUT2D eigenvalue weighted by Crippen LogP contribution is 2.25. The number of amides is 1. The number of rotatable bonds is 6. The van der Waals surface area contributed by atoms with Gasteiger partial charge in [-0.3, -0.25) is 9.89 Å². The van der Waals surface area contributed by atoms with Crippen LogP contribution in [0, 0.1) is 0 Å². The Morgan fingerprint density at radius 1 is 1.19 bits per heavy atom. The first-order valence-corrected chi connectivity index (χ1v) is 9.11. The van der Waals surface area contributed by atoms with E-state index in [1.807, 2.05) is 24.3 Å². The highest BCUT2D eigenvalue weighted by molar-refractivity contribution is 8.00. The van der Waals surface area contributed by atoms with Crippen molar-refractivity contribution < 1.29 is 9.53 Å². The van der Waals surface area contributed by atoms with Crippen molar-refractivity contribution in [1.82, 2.24) is 15.2 Å².